The number of hydrogen-bond acceptors (Lipinski definition) is 2. The van der Waals surface area contributed by atoms with Crippen LogP contribution in [0.2, 0.25) is 0 Å². The molecule has 0 radical (unpaired) electrons. The molecule has 1 N–H and O–H groups in total. The summed E-state index contributed by atoms with van der Waals surface area (Å²) >= 11 is 3.57. The summed E-state index contributed by atoms with van der Waals surface area (Å²) in [6, 6.07) is 6.82. The zero-order chi connectivity index (χ0) is 14.5. The van der Waals surface area contributed by atoms with Gasteiger partial charge in [0, 0.05) is 11.7 Å². The Kier molecular flexibility index (Phi) is 3.32. The van der Waals surface area contributed by atoms with Crippen LogP contribution < -0.4 is 10.1 Å². The van der Waals surface area contributed by atoms with Crippen molar-refractivity contribution in [3.8, 4) is 5.75 Å². The highest BCUT2D eigenvalue weighted by Gasteiger charge is 2.59. The van der Waals surface area contributed by atoms with Crippen molar-refractivity contribution in [3.05, 3.63) is 22.7 Å². The Labute approximate surface area is 130 Å². The van der Waals surface area contributed by atoms with Crippen LogP contribution in [0.1, 0.15) is 40.0 Å². The van der Waals surface area contributed by atoms with Crippen molar-refractivity contribution < 1.29 is 4.74 Å². The Balaban J connectivity index is 1.86. The van der Waals surface area contributed by atoms with Gasteiger partial charge in [0.25, 0.3) is 0 Å². The molecule has 1 aromatic rings. The van der Waals surface area contributed by atoms with Gasteiger partial charge in [0.15, 0.2) is 0 Å². The van der Waals surface area contributed by atoms with Crippen LogP contribution in [0.3, 0.4) is 0 Å². The molecule has 2 aliphatic carbocycles. The van der Waals surface area contributed by atoms with E-state index in [4.69, 9.17) is 4.74 Å². The number of nitrogens with one attached hydrogen (secondary N) is 1. The number of halogens is 1. The molecule has 110 valence electrons. The van der Waals surface area contributed by atoms with E-state index in [0.29, 0.717) is 16.9 Å². The van der Waals surface area contributed by atoms with Crippen LogP contribution in [0.5, 0.6) is 5.75 Å². The predicted octanol–water partition coefficient (Wildman–Crippen LogP) is 5.08. The number of methoxy groups -OCH3 is 1. The zero-order valence-electron chi connectivity index (χ0n) is 12.8. The highest BCUT2D eigenvalue weighted by Crippen LogP contribution is 2.63. The second-order valence-electron chi connectivity index (χ2n) is 7.34. The first-order chi connectivity index (χ1) is 9.37. The van der Waals surface area contributed by atoms with Crippen molar-refractivity contribution in [3.63, 3.8) is 0 Å². The van der Waals surface area contributed by atoms with Crippen molar-refractivity contribution in [2.75, 3.05) is 12.4 Å². The summed E-state index contributed by atoms with van der Waals surface area (Å²) in [5.74, 6) is 1.75. The molecule has 0 aromatic heterocycles. The minimum absolute atomic E-state index is 0.374. The molecule has 3 heteroatoms. The smallest absolute Gasteiger partial charge is 0.133 e. The molecule has 0 spiro atoms. The van der Waals surface area contributed by atoms with Crippen LogP contribution in [-0.2, 0) is 0 Å². The summed E-state index contributed by atoms with van der Waals surface area (Å²) < 4.78 is 6.32. The second-order valence-corrected chi connectivity index (χ2v) is 8.20. The highest BCUT2D eigenvalue weighted by atomic mass is 79.9. The summed E-state index contributed by atoms with van der Waals surface area (Å²) in [5.41, 5.74) is 2.00. The molecule has 1 aromatic carbocycles. The quantitative estimate of drug-likeness (QED) is 0.829. The van der Waals surface area contributed by atoms with E-state index in [1.807, 2.05) is 6.07 Å². The SMILES string of the molecule is COc1ccc(NC2C(C)(C)[C@H]3CC[C@]2(C)C3)cc1Br. The Bertz CT molecular complexity index is 523. The first-order valence-corrected chi connectivity index (χ1v) is 8.26. The number of ether oxygens (including phenoxy) is 1. The molecule has 3 rings (SSSR count). The molecule has 3 atom stereocenters. The van der Waals surface area contributed by atoms with Gasteiger partial charge in [0.1, 0.15) is 5.75 Å². The molecule has 2 bridgehead atoms. The van der Waals surface area contributed by atoms with Gasteiger partial charge in [-0.05, 0) is 70.1 Å². The summed E-state index contributed by atoms with van der Waals surface area (Å²) in [6.45, 7) is 7.31. The van der Waals surface area contributed by atoms with Crippen LogP contribution >= 0.6 is 15.9 Å². The van der Waals surface area contributed by atoms with E-state index >= 15 is 0 Å². The van der Waals surface area contributed by atoms with Crippen LogP contribution in [0.4, 0.5) is 5.69 Å². The lowest BCUT2D eigenvalue weighted by Gasteiger charge is -2.43. The maximum Gasteiger partial charge on any atom is 0.133 e. The van der Waals surface area contributed by atoms with Gasteiger partial charge in [-0.1, -0.05) is 20.8 Å². The fourth-order valence-electron chi connectivity index (χ4n) is 4.59. The number of rotatable bonds is 3. The third kappa shape index (κ3) is 2.05. The summed E-state index contributed by atoms with van der Waals surface area (Å²) in [7, 11) is 1.70. The molecule has 0 saturated heterocycles. The van der Waals surface area contributed by atoms with Crippen molar-refractivity contribution >= 4 is 21.6 Å². The van der Waals surface area contributed by atoms with E-state index in [1.165, 1.54) is 24.9 Å². The van der Waals surface area contributed by atoms with E-state index in [9.17, 15) is 0 Å². The molecule has 2 aliphatic rings. The normalized spacial score (nSPS) is 34.2. The Morgan fingerprint density at radius 2 is 2.05 bits per heavy atom. The average molecular weight is 338 g/mol. The third-order valence-electron chi connectivity index (χ3n) is 5.73. The van der Waals surface area contributed by atoms with Gasteiger partial charge in [-0.15, -0.1) is 0 Å². The van der Waals surface area contributed by atoms with Crippen LogP contribution in [0.25, 0.3) is 0 Å². The highest BCUT2D eigenvalue weighted by molar-refractivity contribution is 9.10. The topological polar surface area (TPSA) is 21.3 Å². The molecule has 0 aliphatic heterocycles. The molecule has 2 saturated carbocycles. The summed E-state index contributed by atoms with van der Waals surface area (Å²) in [4.78, 5) is 0. The van der Waals surface area contributed by atoms with Gasteiger partial charge < -0.3 is 10.1 Å². The van der Waals surface area contributed by atoms with Crippen molar-refractivity contribution in [2.24, 2.45) is 16.7 Å². The van der Waals surface area contributed by atoms with Gasteiger partial charge >= 0.3 is 0 Å². The number of hydrogen-bond donors (Lipinski definition) is 1. The number of anilines is 1. The molecule has 1 unspecified atom stereocenters. The largest absolute Gasteiger partial charge is 0.496 e. The molecular formula is C17H24BrNO. The Morgan fingerprint density at radius 1 is 1.30 bits per heavy atom. The van der Waals surface area contributed by atoms with E-state index in [0.717, 1.165) is 16.1 Å². The molecule has 2 fully saturated rings. The predicted molar refractivity (Wildman–Crippen MR) is 87.3 cm³/mol. The fourth-order valence-corrected chi connectivity index (χ4v) is 5.13. The number of fused-ring (bicyclic) bond motifs is 2. The first kappa shape index (κ1) is 14.2. The molecular weight excluding hydrogens is 314 g/mol. The van der Waals surface area contributed by atoms with Gasteiger partial charge in [0.2, 0.25) is 0 Å². The van der Waals surface area contributed by atoms with Gasteiger partial charge in [-0.25, -0.2) is 0 Å². The van der Waals surface area contributed by atoms with Crippen molar-refractivity contribution in [2.45, 2.75) is 46.1 Å². The fraction of sp³-hybridized carbons (Fsp3) is 0.647. The van der Waals surface area contributed by atoms with E-state index in [-0.39, 0.29) is 0 Å². The zero-order valence-corrected chi connectivity index (χ0v) is 14.4. The monoisotopic (exact) mass is 337 g/mol. The van der Waals surface area contributed by atoms with E-state index in [1.54, 1.807) is 7.11 Å². The van der Waals surface area contributed by atoms with Gasteiger partial charge in [-0.2, -0.15) is 0 Å². The van der Waals surface area contributed by atoms with Crippen LogP contribution in [0, 0.1) is 16.7 Å². The standard InChI is InChI=1S/C17H24BrNO/c1-16(2)11-7-8-17(3,10-11)15(16)19-12-5-6-14(20-4)13(18)9-12/h5-6,9,11,15,19H,7-8,10H2,1-4H3/t11-,15?,17+/m0/s1. The van der Waals surface area contributed by atoms with E-state index in [2.05, 4.69) is 54.2 Å². The second kappa shape index (κ2) is 4.66. The summed E-state index contributed by atoms with van der Waals surface area (Å²) in [6.07, 6.45) is 4.12. The lowest BCUT2D eigenvalue weighted by Crippen LogP contribution is -2.45. The third-order valence-corrected chi connectivity index (χ3v) is 6.35. The minimum atomic E-state index is 0.374. The Morgan fingerprint density at radius 3 is 2.60 bits per heavy atom. The first-order valence-electron chi connectivity index (χ1n) is 7.47. The lowest BCUT2D eigenvalue weighted by molar-refractivity contribution is 0.155. The molecule has 2 nitrogen and oxygen atoms in total. The lowest BCUT2D eigenvalue weighted by atomic mass is 9.68. The molecule has 0 heterocycles. The minimum Gasteiger partial charge on any atom is -0.496 e. The van der Waals surface area contributed by atoms with E-state index < -0.39 is 0 Å². The maximum atomic E-state index is 5.31. The average Bonchev–Trinajstić information content (AvgIpc) is 2.86. The van der Waals surface area contributed by atoms with Crippen molar-refractivity contribution in [1.82, 2.24) is 0 Å². The van der Waals surface area contributed by atoms with Crippen molar-refractivity contribution in [1.29, 1.82) is 0 Å². The summed E-state index contributed by atoms with van der Waals surface area (Å²) in [5, 5.41) is 3.81. The maximum absolute atomic E-state index is 5.31. The van der Waals surface area contributed by atoms with Crippen LogP contribution in [0.15, 0.2) is 22.7 Å². The van der Waals surface area contributed by atoms with Gasteiger partial charge in [0.05, 0.1) is 11.6 Å². The molecule has 20 heavy (non-hydrogen) atoms. The Hall–Kier alpha value is -0.700. The van der Waals surface area contributed by atoms with Gasteiger partial charge in [-0.3, -0.25) is 0 Å². The van der Waals surface area contributed by atoms with Crippen LogP contribution in [-0.4, -0.2) is 13.2 Å². The number of benzene rings is 1. The molecule has 0 amide bonds.